The summed E-state index contributed by atoms with van der Waals surface area (Å²) in [6, 6.07) is 2.94. The van der Waals surface area contributed by atoms with Gasteiger partial charge in [0.05, 0.1) is 0 Å². The molecule has 19 heavy (non-hydrogen) atoms. The largest absolute Gasteiger partial charge is 0.396 e. The number of rotatable bonds is 6. The zero-order chi connectivity index (χ0) is 14.5. The van der Waals surface area contributed by atoms with Crippen molar-refractivity contribution in [2.45, 2.75) is 33.6 Å². The van der Waals surface area contributed by atoms with Crippen molar-refractivity contribution in [2.75, 3.05) is 13.2 Å². The van der Waals surface area contributed by atoms with E-state index in [4.69, 9.17) is 5.11 Å². The predicted octanol–water partition coefficient (Wildman–Crippen LogP) is 1.21. The molecule has 1 heterocycles. The van der Waals surface area contributed by atoms with E-state index in [9.17, 15) is 9.59 Å². The number of carbonyl (C=O) groups is 1. The molecule has 0 aliphatic rings. The van der Waals surface area contributed by atoms with Crippen LogP contribution in [0.4, 0.5) is 0 Å². The molecule has 0 aromatic carbocycles. The number of H-pyrrole nitrogens is 1. The molecule has 0 saturated heterocycles. The summed E-state index contributed by atoms with van der Waals surface area (Å²) in [7, 11) is 0. The number of carbonyl (C=O) groups excluding carboxylic acids is 1. The molecule has 0 saturated carbocycles. The van der Waals surface area contributed by atoms with Crippen molar-refractivity contribution in [3.63, 3.8) is 0 Å². The van der Waals surface area contributed by atoms with Gasteiger partial charge in [-0.15, -0.1) is 0 Å². The number of hydrogen-bond donors (Lipinski definition) is 3. The number of aliphatic hydroxyl groups is 1. The maximum Gasteiger partial charge on any atom is 0.251 e. The zero-order valence-corrected chi connectivity index (χ0v) is 11.7. The Kier molecular flexibility index (Phi) is 5.30. The lowest BCUT2D eigenvalue weighted by molar-refractivity contribution is 0.0948. The van der Waals surface area contributed by atoms with Crippen LogP contribution in [0.2, 0.25) is 0 Å². The van der Waals surface area contributed by atoms with Gasteiger partial charge in [0.1, 0.15) is 0 Å². The second kappa shape index (κ2) is 6.52. The van der Waals surface area contributed by atoms with Crippen molar-refractivity contribution in [1.29, 1.82) is 0 Å². The monoisotopic (exact) mass is 266 g/mol. The Labute approximate surface area is 113 Å². The summed E-state index contributed by atoms with van der Waals surface area (Å²) in [6.07, 6.45) is 1.62. The zero-order valence-electron chi connectivity index (χ0n) is 11.7. The summed E-state index contributed by atoms with van der Waals surface area (Å²) in [5.74, 6) is -0.240. The van der Waals surface area contributed by atoms with Crippen LogP contribution in [-0.4, -0.2) is 29.1 Å². The van der Waals surface area contributed by atoms with E-state index < -0.39 is 0 Å². The van der Waals surface area contributed by atoms with Gasteiger partial charge in [0, 0.05) is 30.5 Å². The molecule has 5 heteroatoms. The first-order valence-corrected chi connectivity index (χ1v) is 6.44. The third kappa shape index (κ3) is 5.26. The smallest absolute Gasteiger partial charge is 0.251 e. The first kappa shape index (κ1) is 15.4. The topological polar surface area (TPSA) is 82.2 Å². The van der Waals surface area contributed by atoms with Crippen LogP contribution in [0.25, 0.3) is 0 Å². The molecule has 5 nitrogen and oxygen atoms in total. The van der Waals surface area contributed by atoms with E-state index in [2.05, 4.69) is 10.3 Å². The van der Waals surface area contributed by atoms with Crippen molar-refractivity contribution in [2.24, 2.45) is 5.41 Å². The van der Waals surface area contributed by atoms with Crippen LogP contribution in [0.1, 0.15) is 42.7 Å². The maximum atomic E-state index is 11.8. The highest BCUT2D eigenvalue weighted by molar-refractivity contribution is 5.94. The number of nitrogens with one attached hydrogen (secondary N) is 2. The summed E-state index contributed by atoms with van der Waals surface area (Å²) < 4.78 is 0. The van der Waals surface area contributed by atoms with Crippen LogP contribution in [0, 0.1) is 12.3 Å². The van der Waals surface area contributed by atoms with E-state index in [1.165, 1.54) is 6.07 Å². The van der Waals surface area contributed by atoms with Gasteiger partial charge >= 0.3 is 0 Å². The fourth-order valence-corrected chi connectivity index (χ4v) is 1.76. The van der Waals surface area contributed by atoms with Crippen LogP contribution < -0.4 is 10.9 Å². The minimum atomic E-state index is -0.272. The minimum Gasteiger partial charge on any atom is -0.396 e. The number of aryl methyl sites for hydroxylation is 1. The average molecular weight is 266 g/mol. The molecule has 1 amide bonds. The summed E-state index contributed by atoms with van der Waals surface area (Å²) in [5, 5.41) is 11.9. The summed E-state index contributed by atoms with van der Waals surface area (Å²) in [4.78, 5) is 25.7. The third-order valence-electron chi connectivity index (χ3n) is 2.99. The van der Waals surface area contributed by atoms with Crippen LogP contribution >= 0.6 is 0 Å². The Morgan fingerprint density at radius 3 is 2.68 bits per heavy atom. The normalized spacial score (nSPS) is 11.4. The Bertz CT molecular complexity index is 492. The van der Waals surface area contributed by atoms with Crippen molar-refractivity contribution in [1.82, 2.24) is 10.3 Å². The van der Waals surface area contributed by atoms with E-state index in [1.807, 2.05) is 13.8 Å². The van der Waals surface area contributed by atoms with E-state index in [0.717, 1.165) is 12.8 Å². The molecule has 0 aliphatic heterocycles. The molecule has 3 N–H and O–H groups in total. The Balaban J connectivity index is 2.46. The number of amides is 1. The SMILES string of the molecule is Cc1cc(C(=O)NCCCC(C)(C)CO)cc(=O)[nH]1. The number of aromatic nitrogens is 1. The third-order valence-corrected chi connectivity index (χ3v) is 2.99. The molecule has 0 radical (unpaired) electrons. The van der Waals surface area contributed by atoms with Crippen LogP contribution in [-0.2, 0) is 0 Å². The van der Waals surface area contributed by atoms with Gasteiger partial charge in [-0.3, -0.25) is 9.59 Å². The van der Waals surface area contributed by atoms with Gasteiger partial charge in [-0.1, -0.05) is 13.8 Å². The molecule has 0 unspecified atom stereocenters. The fraction of sp³-hybridized carbons (Fsp3) is 0.571. The summed E-state index contributed by atoms with van der Waals surface area (Å²) in [6.45, 7) is 6.37. The lowest BCUT2D eigenvalue weighted by Crippen LogP contribution is -2.27. The lowest BCUT2D eigenvalue weighted by Gasteiger charge is -2.21. The van der Waals surface area contributed by atoms with E-state index in [-0.39, 0.29) is 23.5 Å². The first-order chi connectivity index (χ1) is 8.84. The standard InChI is InChI=1S/C14H22N2O3/c1-10-7-11(8-12(18)16-10)13(19)15-6-4-5-14(2,3)9-17/h7-8,17H,4-6,9H2,1-3H3,(H,15,19)(H,16,18). The highest BCUT2D eigenvalue weighted by atomic mass is 16.3. The number of hydrogen-bond acceptors (Lipinski definition) is 3. The van der Waals surface area contributed by atoms with Crippen molar-refractivity contribution >= 4 is 5.91 Å². The summed E-state index contributed by atoms with van der Waals surface area (Å²) >= 11 is 0. The average Bonchev–Trinajstić information content (AvgIpc) is 2.33. The molecule has 1 rings (SSSR count). The molecular formula is C14H22N2O3. The maximum absolute atomic E-state index is 11.8. The van der Waals surface area contributed by atoms with Gasteiger partial charge in [0.15, 0.2) is 0 Å². The first-order valence-electron chi connectivity index (χ1n) is 6.44. The highest BCUT2D eigenvalue weighted by Crippen LogP contribution is 2.20. The van der Waals surface area contributed by atoms with Crippen LogP contribution in [0.5, 0.6) is 0 Å². The van der Waals surface area contributed by atoms with Crippen molar-refractivity contribution in [3.8, 4) is 0 Å². The number of aromatic amines is 1. The van der Waals surface area contributed by atoms with Gasteiger partial charge in [0.2, 0.25) is 5.56 Å². The quantitative estimate of drug-likeness (QED) is 0.677. The molecule has 0 spiro atoms. The predicted molar refractivity (Wildman–Crippen MR) is 74.2 cm³/mol. The Morgan fingerprint density at radius 2 is 2.11 bits per heavy atom. The highest BCUT2D eigenvalue weighted by Gasteiger charge is 2.15. The Morgan fingerprint density at radius 1 is 1.42 bits per heavy atom. The van der Waals surface area contributed by atoms with E-state index in [1.54, 1.807) is 13.0 Å². The van der Waals surface area contributed by atoms with Crippen LogP contribution in [0.3, 0.4) is 0 Å². The van der Waals surface area contributed by atoms with Gasteiger partial charge in [-0.05, 0) is 31.2 Å². The number of aliphatic hydroxyl groups excluding tert-OH is 1. The molecule has 0 fully saturated rings. The lowest BCUT2D eigenvalue weighted by atomic mass is 9.89. The molecular weight excluding hydrogens is 244 g/mol. The van der Waals surface area contributed by atoms with Crippen molar-refractivity contribution < 1.29 is 9.90 Å². The number of pyridine rings is 1. The summed E-state index contributed by atoms with van der Waals surface area (Å²) in [5.41, 5.74) is 0.652. The molecule has 0 aliphatic carbocycles. The molecule has 106 valence electrons. The van der Waals surface area contributed by atoms with Gasteiger partial charge in [-0.2, -0.15) is 0 Å². The van der Waals surface area contributed by atoms with E-state index >= 15 is 0 Å². The molecule has 1 aromatic heterocycles. The molecule has 0 atom stereocenters. The van der Waals surface area contributed by atoms with Crippen molar-refractivity contribution in [3.05, 3.63) is 33.7 Å². The van der Waals surface area contributed by atoms with Crippen LogP contribution in [0.15, 0.2) is 16.9 Å². The van der Waals surface area contributed by atoms with Gasteiger partial charge in [-0.25, -0.2) is 0 Å². The fourth-order valence-electron chi connectivity index (χ4n) is 1.76. The van der Waals surface area contributed by atoms with Gasteiger partial charge < -0.3 is 15.4 Å². The molecule has 0 bridgehead atoms. The molecule has 1 aromatic rings. The van der Waals surface area contributed by atoms with E-state index in [0.29, 0.717) is 17.8 Å². The second-order valence-electron chi connectivity index (χ2n) is 5.60. The Hall–Kier alpha value is -1.62. The van der Waals surface area contributed by atoms with Gasteiger partial charge in [0.25, 0.3) is 5.91 Å². The second-order valence-corrected chi connectivity index (χ2v) is 5.60. The minimum absolute atomic E-state index is 0.120.